The van der Waals surface area contributed by atoms with Crippen molar-refractivity contribution in [3.05, 3.63) is 35.1 Å². The van der Waals surface area contributed by atoms with Crippen molar-refractivity contribution < 1.29 is 9.50 Å². The van der Waals surface area contributed by atoms with Crippen LogP contribution in [0.5, 0.6) is 0 Å². The quantitative estimate of drug-likeness (QED) is 0.741. The van der Waals surface area contributed by atoms with Gasteiger partial charge in [0.05, 0.1) is 5.60 Å². The summed E-state index contributed by atoms with van der Waals surface area (Å²) in [7, 11) is 0. The average molecular weight is 209 g/mol. The Balaban J connectivity index is 2.40. The molecule has 1 aromatic rings. The van der Waals surface area contributed by atoms with Crippen molar-refractivity contribution in [3.8, 4) is 0 Å². The SMILES string of the molecule is Cc1ccc(F)cc1C1(O)CCC(N)C1. The van der Waals surface area contributed by atoms with E-state index in [0.717, 1.165) is 12.0 Å². The van der Waals surface area contributed by atoms with E-state index in [4.69, 9.17) is 5.73 Å². The highest BCUT2D eigenvalue weighted by molar-refractivity contribution is 5.33. The largest absolute Gasteiger partial charge is 0.385 e. The second-order valence-electron chi connectivity index (χ2n) is 4.49. The van der Waals surface area contributed by atoms with E-state index < -0.39 is 5.60 Å². The van der Waals surface area contributed by atoms with Crippen molar-refractivity contribution in [1.29, 1.82) is 0 Å². The highest BCUT2D eigenvalue weighted by atomic mass is 19.1. The third-order valence-electron chi connectivity index (χ3n) is 3.23. The molecule has 0 aliphatic heterocycles. The molecule has 1 saturated carbocycles. The maximum atomic E-state index is 13.1. The zero-order chi connectivity index (χ0) is 11.1. The van der Waals surface area contributed by atoms with E-state index >= 15 is 0 Å². The Morgan fingerprint density at radius 1 is 1.53 bits per heavy atom. The first-order valence-corrected chi connectivity index (χ1v) is 5.26. The number of aliphatic hydroxyl groups is 1. The second kappa shape index (κ2) is 3.58. The molecule has 2 unspecified atom stereocenters. The fraction of sp³-hybridized carbons (Fsp3) is 0.500. The van der Waals surface area contributed by atoms with Crippen LogP contribution in [0.3, 0.4) is 0 Å². The van der Waals surface area contributed by atoms with Gasteiger partial charge < -0.3 is 10.8 Å². The van der Waals surface area contributed by atoms with Crippen molar-refractivity contribution in [2.45, 2.75) is 37.8 Å². The molecule has 0 amide bonds. The van der Waals surface area contributed by atoms with E-state index in [1.165, 1.54) is 12.1 Å². The van der Waals surface area contributed by atoms with Crippen LogP contribution in [0.15, 0.2) is 18.2 Å². The molecule has 1 aromatic carbocycles. The van der Waals surface area contributed by atoms with Crippen LogP contribution in [0.25, 0.3) is 0 Å². The number of hydrogen-bond donors (Lipinski definition) is 2. The van der Waals surface area contributed by atoms with Gasteiger partial charge in [-0.05, 0) is 49.4 Å². The Morgan fingerprint density at radius 2 is 2.27 bits per heavy atom. The maximum absolute atomic E-state index is 13.1. The Hall–Kier alpha value is -0.930. The number of halogens is 1. The van der Waals surface area contributed by atoms with Crippen LogP contribution in [-0.4, -0.2) is 11.1 Å². The van der Waals surface area contributed by atoms with Gasteiger partial charge in [-0.1, -0.05) is 6.07 Å². The van der Waals surface area contributed by atoms with Crippen molar-refractivity contribution in [1.82, 2.24) is 0 Å². The van der Waals surface area contributed by atoms with Crippen LogP contribution >= 0.6 is 0 Å². The van der Waals surface area contributed by atoms with Gasteiger partial charge in [0.2, 0.25) is 0 Å². The summed E-state index contributed by atoms with van der Waals surface area (Å²) in [6.07, 6.45) is 1.95. The van der Waals surface area contributed by atoms with E-state index in [1.807, 2.05) is 6.92 Å². The Labute approximate surface area is 88.9 Å². The molecule has 2 rings (SSSR count). The fourth-order valence-corrected chi connectivity index (χ4v) is 2.40. The lowest BCUT2D eigenvalue weighted by atomic mass is 9.88. The molecule has 3 heteroatoms. The molecule has 15 heavy (non-hydrogen) atoms. The topological polar surface area (TPSA) is 46.2 Å². The first-order valence-electron chi connectivity index (χ1n) is 5.26. The molecule has 0 radical (unpaired) electrons. The Bertz CT molecular complexity index is 380. The lowest BCUT2D eigenvalue weighted by Crippen LogP contribution is -2.26. The summed E-state index contributed by atoms with van der Waals surface area (Å²) in [5.41, 5.74) is 6.47. The van der Waals surface area contributed by atoms with Gasteiger partial charge in [0.15, 0.2) is 0 Å². The van der Waals surface area contributed by atoms with Crippen LogP contribution in [0.1, 0.15) is 30.4 Å². The normalized spacial score (nSPS) is 30.8. The van der Waals surface area contributed by atoms with E-state index in [9.17, 15) is 9.50 Å². The molecule has 2 atom stereocenters. The standard InChI is InChI=1S/C12H16FNO/c1-8-2-3-9(13)6-11(8)12(15)5-4-10(14)7-12/h2-3,6,10,15H,4-5,7,14H2,1H3. The number of rotatable bonds is 1. The predicted octanol–water partition coefficient (Wildman–Crippen LogP) is 1.83. The third kappa shape index (κ3) is 1.90. The Morgan fingerprint density at radius 3 is 2.87 bits per heavy atom. The first-order chi connectivity index (χ1) is 7.01. The van der Waals surface area contributed by atoms with Gasteiger partial charge in [-0.2, -0.15) is 0 Å². The molecule has 0 aromatic heterocycles. The minimum atomic E-state index is -0.925. The molecule has 0 bridgehead atoms. The number of nitrogens with two attached hydrogens (primary N) is 1. The molecule has 0 spiro atoms. The van der Waals surface area contributed by atoms with Crippen LogP contribution in [0.4, 0.5) is 4.39 Å². The molecule has 82 valence electrons. The van der Waals surface area contributed by atoms with Gasteiger partial charge in [0.1, 0.15) is 5.82 Å². The van der Waals surface area contributed by atoms with Crippen LogP contribution in [-0.2, 0) is 5.60 Å². The lowest BCUT2D eigenvalue weighted by molar-refractivity contribution is 0.0421. The summed E-state index contributed by atoms with van der Waals surface area (Å²) in [6.45, 7) is 1.89. The van der Waals surface area contributed by atoms with Crippen LogP contribution in [0.2, 0.25) is 0 Å². The van der Waals surface area contributed by atoms with Crippen molar-refractivity contribution >= 4 is 0 Å². The van der Waals surface area contributed by atoms with Gasteiger partial charge in [-0.15, -0.1) is 0 Å². The molecule has 1 aliphatic rings. The molecular weight excluding hydrogens is 193 g/mol. The van der Waals surface area contributed by atoms with Gasteiger partial charge in [0, 0.05) is 6.04 Å². The minimum absolute atomic E-state index is 0.0256. The van der Waals surface area contributed by atoms with Gasteiger partial charge >= 0.3 is 0 Å². The van der Waals surface area contributed by atoms with Gasteiger partial charge in [0.25, 0.3) is 0 Å². The predicted molar refractivity (Wildman–Crippen MR) is 56.9 cm³/mol. The van der Waals surface area contributed by atoms with E-state index in [2.05, 4.69) is 0 Å². The summed E-state index contributed by atoms with van der Waals surface area (Å²) < 4.78 is 13.1. The van der Waals surface area contributed by atoms with Gasteiger partial charge in [-0.25, -0.2) is 4.39 Å². The lowest BCUT2D eigenvalue weighted by Gasteiger charge is -2.25. The van der Waals surface area contributed by atoms with E-state index in [-0.39, 0.29) is 11.9 Å². The van der Waals surface area contributed by atoms with Crippen molar-refractivity contribution in [2.75, 3.05) is 0 Å². The minimum Gasteiger partial charge on any atom is -0.385 e. The van der Waals surface area contributed by atoms with E-state index in [0.29, 0.717) is 18.4 Å². The smallest absolute Gasteiger partial charge is 0.123 e. The summed E-state index contributed by atoms with van der Waals surface area (Å²) in [6, 6.07) is 4.56. The molecule has 3 N–H and O–H groups in total. The molecule has 1 aliphatic carbocycles. The second-order valence-corrected chi connectivity index (χ2v) is 4.49. The highest BCUT2D eigenvalue weighted by Crippen LogP contribution is 2.39. The van der Waals surface area contributed by atoms with Crippen molar-refractivity contribution in [2.24, 2.45) is 5.73 Å². The summed E-state index contributed by atoms with van der Waals surface area (Å²) >= 11 is 0. The number of aryl methyl sites for hydroxylation is 1. The first kappa shape index (κ1) is 10.6. The molecular formula is C12H16FNO. The van der Waals surface area contributed by atoms with E-state index in [1.54, 1.807) is 6.07 Å². The summed E-state index contributed by atoms with van der Waals surface area (Å²) in [4.78, 5) is 0. The molecule has 0 heterocycles. The maximum Gasteiger partial charge on any atom is 0.123 e. The number of benzene rings is 1. The highest BCUT2D eigenvalue weighted by Gasteiger charge is 2.38. The number of hydrogen-bond acceptors (Lipinski definition) is 2. The molecule has 2 nitrogen and oxygen atoms in total. The average Bonchev–Trinajstić information content (AvgIpc) is 2.52. The van der Waals surface area contributed by atoms with Crippen LogP contribution in [0, 0.1) is 12.7 Å². The Kier molecular flexibility index (Phi) is 2.52. The summed E-state index contributed by atoms with van der Waals surface area (Å²) in [5, 5.41) is 10.4. The zero-order valence-electron chi connectivity index (χ0n) is 8.83. The van der Waals surface area contributed by atoms with Crippen LogP contribution < -0.4 is 5.73 Å². The van der Waals surface area contributed by atoms with Crippen molar-refractivity contribution in [3.63, 3.8) is 0 Å². The molecule has 1 fully saturated rings. The monoisotopic (exact) mass is 209 g/mol. The fourth-order valence-electron chi connectivity index (χ4n) is 2.40. The third-order valence-corrected chi connectivity index (χ3v) is 3.23. The zero-order valence-corrected chi connectivity index (χ0v) is 8.83. The molecule has 0 saturated heterocycles. The summed E-state index contributed by atoms with van der Waals surface area (Å²) in [5.74, 6) is -0.301. The van der Waals surface area contributed by atoms with Gasteiger partial charge in [-0.3, -0.25) is 0 Å².